The van der Waals surface area contributed by atoms with E-state index in [0.717, 1.165) is 0 Å². The van der Waals surface area contributed by atoms with Crippen molar-refractivity contribution in [2.75, 3.05) is 13.2 Å². The number of Topliss-reactive ketones (excluding diaryl/α,β-unsaturated/α-hetero) is 1. The first-order chi connectivity index (χ1) is 9.15. The predicted octanol–water partition coefficient (Wildman–Crippen LogP) is 1.91. The molecule has 6 heteroatoms. The molecule has 114 valence electrons. The molecule has 20 heavy (non-hydrogen) atoms. The summed E-state index contributed by atoms with van der Waals surface area (Å²) in [7, 11) is 0. The second kappa shape index (κ2) is 5.81. The Bertz CT molecular complexity index is 412. The summed E-state index contributed by atoms with van der Waals surface area (Å²) >= 11 is 0. The molecule has 1 heterocycles. The number of nitrogens with zero attached hydrogens (tertiary/aromatic N) is 1. The highest BCUT2D eigenvalue weighted by atomic mass is 16.6. The highest BCUT2D eigenvalue weighted by Gasteiger charge is 2.55. The van der Waals surface area contributed by atoms with Gasteiger partial charge in [0.1, 0.15) is 5.60 Å². The van der Waals surface area contributed by atoms with Crippen LogP contribution in [0.2, 0.25) is 0 Å². The Morgan fingerprint density at radius 1 is 1.25 bits per heavy atom. The summed E-state index contributed by atoms with van der Waals surface area (Å²) in [6, 6.07) is 0. The van der Waals surface area contributed by atoms with Crippen LogP contribution in [0.1, 0.15) is 47.5 Å². The number of ketones is 1. The summed E-state index contributed by atoms with van der Waals surface area (Å²) in [6.07, 6.45) is 0.191. The molecule has 6 nitrogen and oxygen atoms in total. The Kier molecular flexibility index (Phi) is 4.78. The van der Waals surface area contributed by atoms with E-state index in [4.69, 9.17) is 9.47 Å². The molecule has 0 aromatic carbocycles. The molecule has 0 aromatic heterocycles. The second-order valence-corrected chi connectivity index (χ2v) is 5.87. The Morgan fingerprint density at radius 3 is 2.30 bits per heavy atom. The third-order valence-electron chi connectivity index (χ3n) is 3.19. The summed E-state index contributed by atoms with van der Waals surface area (Å²) in [5.41, 5.74) is -2.21. The first-order valence-corrected chi connectivity index (χ1v) is 6.84. The fraction of sp³-hybridized carbons (Fsp3) is 0.786. The minimum Gasteiger partial charge on any atom is -0.464 e. The number of ether oxygens (including phenoxy) is 2. The highest BCUT2D eigenvalue weighted by molar-refractivity contribution is 6.10. The van der Waals surface area contributed by atoms with Crippen LogP contribution in [0.15, 0.2) is 0 Å². The van der Waals surface area contributed by atoms with Crippen molar-refractivity contribution in [1.29, 1.82) is 0 Å². The lowest BCUT2D eigenvalue weighted by Gasteiger charge is -2.35. The summed E-state index contributed by atoms with van der Waals surface area (Å²) in [5.74, 6) is -1.06. The maximum absolute atomic E-state index is 12.2. The van der Waals surface area contributed by atoms with Crippen molar-refractivity contribution in [3.8, 4) is 0 Å². The van der Waals surface area contributed by atoms with Crippen LogP contribution in [0.25, 0.3) is 0 Å². The number of hydrogen-bond acceptors (Lipinski definition) is 5. The number of amides is 1. The van der Waals surface area contributed by atoms with E-state index in [9.17, 15) is 14.4 Å². The van der Waals surface area contributed by atoms with Crippen molar-refractivity contribution >= 4 is 17.8 Å². The molecule has 1 atom stereocenters. The first-order valence-electron chi connectivity index (χ1n) is 6.84. The van der Waals surface area contributed by atoms with Gasteiger partial charge >= 0.3 is 12.1 Å². The third-order valence-corrected chi connectivity index (χ3v) is 3.19. The molecule has 1 unspecified atom stereocenters. The minimum atomic E-state index is -1.53. The maximum Gasteiger partial charge on any atom is 0.411 e. The Morgan fingerprint density at radius 2 is 1.85 bits per heavy atom. The molecule has 0 N–H and O–H groups in total. The fourth-order valence-corrected chi connectivity index (χ4v) is 2.36. The third kappa shape index (κ3) is 3.11. The molecule has 1 aliphatic rings. The van der Waals surface area contributed by atoms with E-state index in [0.29, 0.717) is 13.0 Å². The van der Waals surface area contributed by atoms with Crippen molar-refractivity contribution < 1.29 is 23.9 Å². The minimum absolute atomic E-state index is 0.163. The van der Waals surface area contributed by atoms with E-state index in [1.807, 2.05) is 0 Å². The van der Waals surface area contributed by atoms with Gasteiger partial charge in [-0.05, 0) is 47.5 Å². The molecule has 0 bridgehead atoms. The van der Waals surface area contributed by atoms with Crippen LogP contribution in [0.5, 0.6) is 0 Å². The average molecular weight is 285 g/mol. The second-order valence-electron chi connectivity index (χ2n) is 5.87. The standard InChI is InChI=1S/C14H23NO5/c1-6-19-11(17)14(10(2)16)8-7-9-15(14)12(18)20-13(3,4)5/h6-9H2,1-5H3. The summed E-state index contributed by atoms with van der Waals surface area (Å²) in [5, 5.41) is 0. The van der Waals surface area contributed by atoms with Gasteiger partial charge in [-0.3, -0.25) is 9.69 Å². The SMILES string of the molecule is CCOC(=O)C1(C(C)=O)CCCN1C(=O)OC(C)(C)C. The summed E-state index contributed by atoms with van der Waals surface area (Å²) < 4.78 is 10.3. The van der Waals surface area contributed by atoms with Crippen molar-refractivity contribution in [1.82, 2.24) is 4.90 Å². The van der Waals surface area contributed by atoms with Gasteiger partial charge in [-0.2, -0.15) is 0 Å². The van der Waals surface area contributed by atoms with Gasteiger partial charge in [0.2, 0.25) is 5.54 Å². The molecule has 0 saturated carbocycles. The van der Waals surface area contributed by atoms with E-state index in [-0.39, 0.29) is 18.8 Å². The predicted molar refractivity (Wildman–Crippen MR) is 72.2 cm³/mol. The maximum atomic E-state index is 12.2. The van der Waals surface area contributed by atoms with E-state index in [1.165, 1.54) is 11.8 Å². The number of rotatable bonds is 3. The van der Waals surface area contributed by atoms with Gasteiger partial charge < -0.3 is 9.47 Å². The smallest absolute Gasteiger partial charge is 0.411 e. The highest BCUT2D eigenvalue weighted by Crippen LogP contribution is 2.33. The van der Waals surface area contributed by atoms with Gasteiger partial charge in [0.05, 0.1) is 6.61 Å². The quantitative estimate of drug-likeness (QED) is 0.585. The first kappa shape index (κ1) is 16.5. The average Bonchev–Trinajstić information content (AvgIpc) is 2.72. The number of carbonyl (C=O) groups excluding carboxylic acids is 3. The fourth-order valence-electron chi connectivity index (χ4n) is 2.36. The number of likely N-dealkylation sites (tertiary alicyclic amines) is 1. The zero-order valence-electron chi connectivity index (χ0n) is 12.8. The van der Waals surface area contributed by atoms with Crippen molar-refractivity contribution in [2.24, 2.45) is 0 Å². The van der Waals surface area contributed by atoms with Crippen LogP contribution >= 0.6 is 0 Å². The number of esters is 1. The summed E-state index contributed by atoms with van der Waals surface area (Å²) in [6.45, 7) is 8.66. The molecular weight excluding hydrogens is 262 g/mol. The molecular formula is C14H23NO5. The molecule has 1 fully saturated rings. The van der Waals surface area contributed by atoms with Crippen molar-refractivity contribution in [3.05, 3.63) is 0 Å². The lowest BCUT2D eigenvalue weighted by Crippen LogP contribution is -2.59. The largest absolute Gasteiger partial charge is 0.464 e. The van der Waals surface area contributed by atoms with Gasteiger partial charge in [0.25, 0.3) is 0 Å². The molecule has 1 aliphatic heterocycles. The molecule has 0 spiro atoms. The normalized spacial score (nSPS) is 22.6. The Balaban J connectivity index is 3.07. The van der Waals surface area contributed by atoms with Crippen molar-refractivity contribution in [3.63, 3.8) is 0 Å². The van der Waals surface area contributed by atoms with Gasteiger partial charge in [0.15, 0.2) is 5.78 Å². The van der Waals surface area contributed by atoms with Crippen LogP contribution in [0.4, 0.5) is 4.79 Å². The molecule has 0 radical (unpaired) electrons. The lowest BCUT2D eigenvalue weighted by atomic mass is 9.92. The Labute approximate surface area is 119 Å². The van der Waals surface area contributed by atoms with Crippen LogP contribution in [0.3, 0.4) is 0 Å². The molecule has 1 amide bonds. The van der Waals surface area contributed by atoms with Crippen LogP contribution in [-0.4, -0.2) is 47.0 Å². The lowest BCUT2D eigenvalue weighted by molar-refractivity contribution is -0.160. The van der Waals surface area contributed by atoms with E-state index < -0.39 is 23.2 Å². The zero-order chi connectivity index (χ0) is 15.6. The van der Waals surface area contributed by atoms with Gasteiger partial charge in [-0.15, -0.1) is 0 Å². The molecule has 0 aromatic rings. The van der Waals surface area contributed by atoms with E-state index in [2.05, 4.69) is 0 Å². The molecule has 1 rings (SSSR count). The Hall–Kier alpha value is -1.59. The topological polar surface area (TPSA) is 72.9 Å². The number of carbonyl (C=O) groups is 3. The van der Waals surface area contributed by atoms with Crippen LogP contribution in [0, 0.1) is 0 Å². The van der Waals surface area contributed by atoms with E-state index >= 15 is 0 Å². The van der Waals surface area contributed by atoms with Gasteiger partial charge in [-0.25, -0.2) is 9.59 Å². The monoisotopic (exact) mass is 285 g/mol. The van der Waals surface area contributed by atoms with Gasteiger partial charge in [0, 0.05) is 6.54 Å². The molecule has 0 aliphatic carbocycles. The van der Waals surface area contributed by atoms with Crippen LogP contribution in [-0.2, 0) is 19.1 Å². The number of hydrogen-bond donors (Lipinski definition) is 0. The zero-order valence-corrected chi connectivity index (χ0v) is 12.8. The molecule has 1 saturated heterocycles. The van der Waals surface area contributed by atoms with Crippen LogP contribution < -0.4 is 0 Å². The van der Waals surface area contributed by atoms with Crippen molar-refractivity contribution in [2.45, 2.75) is 58.6 Å². The summed E-state index contributed by atoms with van der Waals surface area (Å²) in [4.78, 5) is 37.7. The van der Waals surface area contributed by atoms with E-state index in [1.54, 1.807) is 27.7 Å². The van der Waals surface area contributed by atoms with Gasteiger partial charge in [-0.1, -0.05) is 0 Å².